The number of carbonyl (C=O) groups is 2. The molecule has 0 atom stereocenters. The highest BCUT2D eigenvalue weighted by atomic mass is 16.7. The fourth-order valence-electron chi connectivity index (χ4n) is 8.03. The third kappa shape index (κ3) is 15.7. The number of nitro benzene ring substituents is 6. The van der Waals surface area contributed by atoms with E-state index < -0.39 is 47.9 Å². The van der Waals surface area contributed by atoms with Crippen LogP contribution in [0.3, 0.4) is 0 Å². The first-order valence-electron chi connectivity index (χ1n) is 24.7. The molecular formula is C57H44N6O22. The Hall–Kier alpha value is -11.9. The van der Waals surface area contributed by atoms with E-state index in [1.54, 1.807) is 36.4 Å². The number of para-hydroxylation sites is 6. The van der Waals surface area contributed by atoms with Gasteiger partial charge in [-0.3, -0.25) is 65.5 Å². The Morgan fingerprint density at radius 1 is 0.329 bits per heavy atom. The number of Topliss-reactive ketones (excluding diaryl/α,β-unsaturated/α-hetero) is 1. The molecule has 0 amide bonds. The van der Waals surface area contributed by atoms with E-state index in [0.29, 0.717) is 0 Å². The molecule has 28 heteroatoms. The summed E-state index contributed by atoms with van der Waals surface area (Å²) in [6.07, 6.45) is 0. The van der Waals surface area contributed by atoms with E-state index in [9.17, 15) is 80.5 Å². The molecule has 8 rings (SSSR count). The first-order valence-corrected chi connectivity index (χ1v) is 24.7. The van der Waals surface area contributed by atoms with Crippen LogP contribution in [0.15, 0.2) is 170 Å². The van der Waals surface area contributed by atoms with Crippen molar-refractivity contribution in [2.45, 2.75) is 39.6 Å². The molecule has 0 aliphatic rings. The summed E-state index contributed by atoms with van der Waals surface area (Å²) < 4.78 is 35.2. The Balaban J connectivity index is 0.000000244. The van der Waals surface area contributed by atoms with Crippen LogP contribution in [0.25, 0.3) is 0 Å². The van der Waals surface area contributed by atoms with Crippen LogP contribution in [0, 0.1) is 60.7 Å². The SMILES string of the molecule is O=C(CO)c1cc(OCc2ccccc2[N+](=O)[O-])c(OCc2ccccc2[N+](=O)[O-])c(OCc2ccccc2[N+](=O)[O-])c1.O=C(O)c1cc(OCc2ccccc2[N+](=O)[O-])c(OCc2ccccc2[N+](=O)[O-])c(OCc2ccccc2[N+](=O)[O-])c1. The van der Waals surface area contributed by atoms with Gasteiger partial charge >= 0.3 is 5.97 Å². The minimum atomic E-state index is -1.37. The van der Waals surface area contributed by atoms with E-state index in [-0.39, 0.29) is 153 Å². The molecule has 28 nitrogen and oxygen atoms in total. The van der Waals surface area contributed by atoms with Gasteiger partial charge in [-0.15, -0.1) is 0 Å². The molecule has 0 unspecified atom stereocenters. The highest BCUT2D eigenvalue weighted by molar-refractivity contribution is 5.98. The van der Waals surface area contributed by atoms with Crippen LogP contribution < -0.4 is 28.4 Å². The zero-order valence-electron chi connectivity index (χ0n) is 43.9. The Morgan fingerprint density at radius 3 is 0.729 bits per heavy atom. The maximum Gasteiger partial charge on any atom is 0.335 e. The fraction of sp³-hybridized carbons (Fsp3) is 0.123. The lowest BCUT2D eigenvalue weighted by molar-refractivity contribution is -0.386. The number of rotatable bonds is 27. The molecule has 0 bridgehead atoms. The number of nitro groups is 6. The lowest BCUT2D eigenvalue weighted by Crippen LogP contribution is -2.10. The minimum absolute atomic E-state index is 0.0735. The van der Waals surface area contributed by atoms with Crippen molar-refractivity contribution < 1.29 is 77.8 Å². The Labute approximate surface area is 478 Å². The van der Waals surface area contributed by atoms with E-state index in [1.165, 1.54) is 121 Å². The molecule has 0 saturated heterocycles. The van der Waals surface area contributed by atoms with Crippen molar-refractivity contribution >= 4 is 45.9 Å². The maximum atomic E-state index is 12.5. The van der Waals surface area contributed by atoms with Crippen molar-refractivity contribution in [1.82, 2.24) is 0 Å². The fourth-order valence-corrected chi connectivity index (χ4v) is 8.03. The van der Waals surface area contributed by atoms with Crippen LogP contribution in [0.5, 0.6) is 34.5 Å². The van der Waals surface area contributed by atoms with Crippen LogP contribution >= 0.6 is 0 Å². The van der Waals surface area contributed by atoms with Gasteiger partial charge < -0.3 is 38.6 Å². The lowest BCUT2D eigenvalue weighted by Gasteiger charge is -2.19. The number of nitrogens with zero attached hydrogens (tertiary/aromatic N) is 6. The van der Waals surface area contributed by atoms with Gasteiger partial charge in [-0.25, -0.2) is 4.79 Å². The van der Waals surface area contributed by atoms with Gasteiger partial charge in [-0.2, -0.15) is 0 Å². The third-order valence-corrected chi connectivity index (χ3v) is 12.2. The molecule has 0 aliphatic carbocycles. The summed E-state index contributed by atoms with van der Waals surface area (Å²) >= 11 is 0. The predicted octanol–water partition coefficient (Wildman–Crippen LogP) is 11.2. The molecule has 0 spiro atoms. The summed E-state index contributed by atoms with van der Waals surface area (Å²) in [5.41, 5.74) is -0.633. The summed E-state index contributed by atoms with van der Waals surface area (Å²) in [7, 11) is 0. The second kappa shape index (κ2) is 28.5. The zero-order valence-corrected chi connectivity index (χ0v) is 43.9. The van der Waals surface area contributed by atoms with Crippen molar-refractivity contribution in [3.63, 3.8) is 0 Å². The van der Waals surface area contributed by atoms with Crippen molar-refractivity contribution in [1.29, 1.82) is 0 Å². The molecule has 0 fully saturated rings. The predicted molar refractivity (Wildman–Crippen MR) is 296 cm³/mol. The quantitative estimate of drug-likeness (QED) is 0.0274. The molecule has 8 aromatic carbocycles. The number of carbonyl (C=O) groups excluding carboxylic acids is 1. The van der Waals surface area contributed by atoms with E-state index in [0.717, 1.165) is 12.1 Å². The third-order valence-electron chi connectivity index (χ3n) is 12.2. The lowest BCUT2D eigenvalue weighted by atomic mass is 10.1. The first kappa shape index (κ1) is 60.7. The number of aliphatic hydroxyl groups excluding tert-OH is 1. The molecule has 0 saturated carbocycles. The maximum absolute atomic E-state index is 12.5. The molecule has 8 aromatic rings. The second-order valence-corrected chi connectivity index (χ2v) is 17.5. The Morgan fingerprint density at radius 2 is 0.529 bits per heavy atom. The van der Waals surface area contributed by atoms with Crippen molar-refractivity contribution in [2.75, 3.05) is 6.61 Å². The molecule has 0 heterocycles. The summed E-state index contributed by atoms with van der Waals surface area (Å²) in [4.78, 5) is 89.9. The number of aromatic carboxylic acids is 1. The van der Waals surface area contributed by atoms with Crippen molar-refractivity contribution in [2.24, 2.45) is 0 Å². The van der Waals surface area contributed by atoms with E-state index in [4.69, 9.17) is 28.4 Å². The van der Waals surface area contributed by atoms with Crippen LogP contribution in [0.4, 0.5) is 34.1 Å². The average Bonchev–Trinajstić information content (AvgIpc) is 2.54. The van der Waals surface area contributed by atoms with E-state index in [2.05, 4.69) is 0 Å². The number of ether oxygens (including phenoxy) is 6. The van der Waals surface area contributed by atoms with Gasteiger partial charge in [-0.1, -0.05) is 72.8 Å². The number of aliphatic hydroxyl groups is 1. The largest absolute Gasteiger partial charge is 0.485 e. The van der Waals surface area contributed by atoms with Gasteiger partial charge in [0.05, 0.1) is 68.5 Å². The molecule has 434 valence electrons. The smallest absolute Gasteiger partial charge is 0.335 e. The van der Waals surface area contributed by atoms with E-state index in [1.807, 2.05) is 0 Å². The average molecular weight is 1160 g/mol. The Kier molecular flexibility index (Phi) is 20.3. The van der Waals surface area contributed by atoms with Crippen molar-refractivity contribution in [3.8, 4) is 34.5 Å². The second-order valence-electron chi connectivity index (χ2n) is 17.5. The highest BCUT2D eigenvalue weighted by Gasteiger charge is 2.26. The van der Waals surface area contributed by atoms with Gasteiger partial charge in [0.1, 0.15) is 46.2 Å². The molecular weight excluding hydrogens is 1120 g/mol. The summed E-state index contributed by atoms with van der Waals surface area (Å²) in [5, 5.41) is 88.2. The van der Waals surface area contributed by atoms with Crippen LogP contribution in [0.2, 0.25) is 0 Å². The van der Waals surface area contributed by atoms with Gasteiger partial charge in [0.15, 0.2) is 28.8 Å². The van der Waals surface area contributed by atoms with Gasteiger partial charge in [0, 0.05) is 42.0 Å². The van der Waals surface area contributed by atoms with Gasteiger partial charge in [-0.05, 0) is 60.7 Å². The molecule has 0 radical (unpaired) electrons. The number of hydrogen-bond donors (Lipinski definition) is 2. The van der Waals surface area contributed by atoms with Gasteiger partial charge in [0.25, 0.3) is 34.1 Å². The number of ketones is 1. The molecule has 85 heavy (non-hydrogen) atoms. The standard InChI is InChI=1S/C29H23N3O11.C28H21N3O11/c33-15-26(34)22-13-27(41-16-19-7-1-4-10-23(19)30(35)36)29(43-18-21-9-3-6-12-25(21)32(39)40)28(14-22)42-17-20-8-2-5-11-24(20)31(37)38;32-28(33)21-13-25(40-15-18-7-1-4-10-22(18)29(34)35)27(42-17-20-9-3-6-12-24(20)31(38)39)26(14-21)41-16-19-8-2-5-11-23(19)30(36)37/h1-14,33H,15-18H2;1-14H,15-17H2,(H,32,33). The number of carboxylic acid groups (broad SMARTS) is 1. The Bertz CT molecular complexity index is 3690. The summed E-state index contributed by atoms with van der Waals surface area (Å²) in [5.74, 6) is -3.04. The van der Waals surface area contributed by atoms with Crippen LogP contribution in [0.1, 0.15) is 54.1 Å². The number of carboxylic acids is 1. The number of benzene rings is 8. The normalized spacial score (nSPS) is 10.5. The summed E-state index contributed by atoms with van der Waals surface area (Å²) in [6, 6.07) is 39.5. The zero-order chi connectivity index (χ0) is 61.2. The molecule has 2 N–H and O–H groups in total. The first-order chi connectivity index (χ1) is 40.8. The summed E-state index contributed by atoms with van der Waals surface area (Å²) in [6.45, 7) is -3.03. The van der Waals surface area contributed by atoms with Crippen molar-refractivity contribution in [3.05, 3.63) is 275 Å². The van der Waals surface area contributed by atoms with Crippen LogP contribution in [-0.4, -0.2) is 58.1 Å². The van der Waals surface area contributed by atoms with Crippen LogP contribution in [-0.2, 0) is 39.6 Å². The highest BCUT2D eigenvalue weighted by Crippen LogP contribution is 2.43. The molecule has 0 aliphatic heterocycles. The van der Waals surface area contributed by atoms with E-state index >= 15 is 0 Å². The minimum Gasteiger partial charge on any atom is -0.485 e. The molecule has 0 aromatic heterocycles. The topological polar surface area (TPSA) is 389 Å². The number of hydrogen-bond acceptors (Lipinski definition) is 21. The monoisotopic (exact) mass is 1160 g/mol. The van der Waals surface area contributed by atoms with Gasteiger partial charge in [0.2, 0.25) is 11.5 Å².